The summed E-state index contributed by atoms with van der Waals surface area (Å²) in [5.74, 6) is 5.85. The number of hydrogen-bond donors (Lipinski definition) is 3. The van der Waals surface area contributed by atoms with Crippen LogP contribution >= 0.6 is 0 Å². The summed E-state index contributed by atoms with van der Waals surface area (Å²) in [7, 11) is -0.968. The third kappa shape index (κ3) is 6.82. The predicted octanol–water partition coefficient (Wildman–Crippen LogP) is 3.38. The summed E-state index contributed by atoms with van der Waals surface area (Å²) >= 11 is 0. The maximum Gasteiger partial charge on any atom is 0.406 e. The van der Waals surface area contributed by atoms with Crippen LogP contribution in [0, 0.1) is 11.8 Å². The van der Waals surface area contributed by atoms with E-state index in [1.807, 2.05) is 0 Å². The van der Waals surface area contributed by atoms with Gasteiger partial charge in [0.2, 0.25) is 10.0 Å². The molecule has 0 atom stereocenters. The Kier molecular flexibility index (Phi) is 8.16. The lowest BCUT2D eigenvalue weighted by Crippen LogP contribution is -2.18. The number of methoxy groups -OCH3 is 2. The molecule has 3 rings (SSSR count). The minimum atomic E-state index is -4.43. The van der Waals surface area contributed by atoms with Gasteiger partial charge in [-0.2, -0.15) is 13.2 Å². The minimum Gasteiger partial charge on any atom is -0.495 e. The summed E-state index contributed by atoms with van der Waals surface area (Å²) < 4.78 is 74.3. The molecule has 0 unspecified atom stereocenters. The van der Waals surface area contributed by atoms with Crippen LogP contribution in [0.5, 0.6) is 5.75 Å². The van der Waals surface area contributed by atoms with Crippen molar-refractivity contribution in [2.45, 2.75) is 17.6 Å². The van der Waals surface area contributed by atoms with Crippen LogP contribution in [0.15, 0.2) is 47.4 Å². The molecule has 3 aromatic rings. The van der Waals surface area contributed by atoms with Gasteiger partial charge in [0, 0.05) is 30.8 Å². The Morgan fingerprint density at radius 2 is 1.86 bits per heavy atom. The summed E-state index contributed by atoms with van der Waals surface area (Å²) in [4.78, 5) is -0.113. The van der Waals surface area contributed by atoms with E-state index in [9.17, 15) is 21.6 Å². The summed E-state index contributed by atoms with van der Waals surface area (Å²) in [5, 5.41) is 11.9. The van der Waals surface area contributed by atoms with Crippen LogP contribution in [-0.4, -0.2) is 53.1 Å². The number of ether oxygens (including phenoxy) is 2. The van der Waals surface area contributed by atoms with E-state index < -0.39 is 22.7 Å². The molecule has 0 aliphatic rings. The Hall–Kier alpha value is -3.40. The molecule has 0 bridgehead atoms. The quantitative estimate of drug-likeness (QED) is 0.301. The van der Waals surface area contributed by atoms with E-state index in [4.69, 9.17) is 14.6 Å². The first-order chi connectivity index (χ1) is 16.5. The monoisotopic (exact) mass is 510 g/mol. The maximum absolute atomic E-state index is 13.3. The number of sulfonamides is 1. The van der Waals surface area contributed by atoms with E-state index in [1.165, 1.54) is 25.3 Å². The highest BCUT2D eigenvalue weighted by Gasteiger charge is 2.29. The smallest absolute Gasteiger partial charge is 0.406 e. The Morgan fingerprint density at radius 1 is 1.09 bits per heavy atom. The Morgan fingerprint density at radius 3 is 2.51 bits per heavy atom. The fraction of sp³-hybridized carbons (Fsp3) is 0.304. The molecule has 2 aromatic carbocycles. The zero-order chi connectivity index (χ0) is 25.6. The molecule has 1 heterocycles. The van der Waals surface area contributed by atoms with Crippen LogP contribution in [0.4, 0.5) is 24.5 Å². The van der Waals surface area contributed by atoms with Crippen molar-refractivity contribution in [1.29, 1.82) is 0 Å². The number of nitrogens with one attached hydrogen (secondary N) is 2. The third-order valence-corrected chi connectivity index (χ3v) is 5.90. The highest BCUT2D eigenvalue weighted by atomic mass is 32.2. The SMILES string of the molecule is COCCNc1cccc2c1cc(C#CCNc1ccc(S(N)(=O)=O)cc1OC)n2CC(F)(F)F. The molecule has 0 radical (unpaired) electrons. The van der Waals surface area contributed by atoms with Gasteiger partial charge >= 0.3 is 6.18 Å². The normalized spacial score (nSPS) is 11.7. The first-order valence-electron chi connectivity index (χ1n) is 10.4. The number of aromatic nitrogens is 1. The van der Waals surface area contributed by atoms with Crippen LogP contribution in [0.1, 0.15) is 5.69 Å². The Balaban J connectivity index is 1.88. The zero-order valence-corrected chi connectivity index (χ0v) is 19.9. The topological polar surface area (TPSA) is 108 Å². The molecule has 35 heavy (non-hydrogen) atoms. The van der Waals surface area contributed by atoms with Gasteiger partial charge in [0.25, 0.3) is 0 Å². The lowest BCUT2D eigenvalue weighted by atomic mass is 10.2. The molecule has 1 aromatic heterocycles. The van der Waals surface area contributed by atoms with Gasteiger partial charge in [0.05, 0.1) is 42.1 Å². The molecule has 0 spiro atoms. The van der Waals surface area contributed by atoms with Crippen LogP contribution in [0.2, 0.25) is 0 Å². The summed E-state index contributed by atoms with van der Waals surface area (Å²) in [5.41, 5.74) is 1.75. The van der Waals surface area contributed by atoms with Crippen molar-refractivity contribution < 1.29 is 31.1 Å². The van der Waals surface area contributed by atoms with E-state index in [0.717, 1.165) is 4.57 Å². The lowest BCUT2D eigenvalue weighted by Gasteiger charge is -2.12. The van der Waals surface area contributed by atoms with Gasteiger partial charge in [-0.05, 0) is 36.3 Å². The van der Waals surface area contributed by atoms with Gasteiger partial charge in [-0.15, -0.1) is 0 Å². The second kappa shape index (κ2) is 10.9. The molecule has 0 aliphatic heterocycles. The number of fused-ring (bicyclic) bond motifs is 1. The van der Waals surface area contributed by atoms with Gasteiger partial charge in [-0.3, -0.25) is 0 Å². The second-order valence-corrected chi connectivity index (χ2v) is 9.01. The van der Waals surface area contributed by atoms with Gasteiger partial charge in [-0.1, -0.05) is 12.0 Å². The molecule has 0 amide bonds. The molecular weight excluding hydrogens is 485 g/mol. The number of benzene rings is 2. The first-order valence-corrected chi connectivity index (χ1v) is 11.9. The van der Waals surface area contributed by atoms with E-state index >= 15 is 0 Å². The van der Waals surface area contributed by atoms with Crippen molar-refractivity contribution in [2.75, 3.05) is 44.5 Å². The third-order valence-electron chi connectivity index (χ3n) is 4.99. The molecule has 188 valence electrons. The van der Waals surface area contributed by atoms with E-state index in [2.05, 4.69) is 22.5 Å². The van der Waals surface area contributed by atoms with Crippen LogP contribution in [0.25, 0.3) is 10.9 Å². The number of rotatable bonds is 9. The molecule has 0 saturated carbocycles. The fourth-order valence-electron chi connectivity index (χ4n) is 3.45. The van der Waals surface area contributed by atoms with Crippen LogP contribution in [0.3, 0.4) is 0 Å². The molecule has 0 fully saturated rings. The summed E-state index contributed by atoms with van der Waals surface area (Å²) in [6.45, 7) is -0.174. The standard InChI is InChI=1S/C23H25F3N4O4S/c1-33-12-11-29-19-6-3-7-21-18(19)13-16(30(21)15-23(24,25)26)5-4-10-28-20-9-8-17(35(27,31)32)14-22(20)34-2/h3,6-9,13-14,28-29H,10-12,15H2,1-2H3,(H2,27,31,32). The van der Waals surface area contributed by atoms with Crippen molar-refractivity contribution in [3.8, 4) is 17.6 Å². The first kappa shape index (κ1) is 26.2. The van der Waals surface area contributed by atoms with Crippen molar-refractivity contribution >= 4 is 32.3 Å². The molecular formula is C23H25F3N4O4S. The highest BCUT2D eigenvalue weighted by molar-refractivity contribution is 7.89. The molecule has 12 heteroatoms. The van der Waals surface area contributed by atoms with Gasteiger partial charge in [0.1, 0.15) is 12.3 Å². The Labute approximate surface area is 201 Å². The van der Waals surface area contributed by atoms with Crippen molar-refractivity contribution in [3.63, 3.8) is 0 Å². The zero-order valence-electron chi connectivity index (χ0n) is 19.1. The number of alkyl halides is 3. The van der Waals surface area contributed by atoms with Gasteiger partial charge in [0.15, 0.2) is 0 Å². The number of hydrogen-bond acceptors (Lipinski definition) is 6. The molecule has 0 saturated heterocycles. The largest absolute Gasteiger partial charge is 0.495 e. The van der Waals surface area contributed by atoms with Crippen LogP contribution in [-0.2, 0) is 21.3 Å². The molecule has 0 aliphatic carbocycles. The summed E-state index contributed by atoms with van der Waals surface area (Å²) in [6, 6.07) is 10.7. The highest BCUT2D eigenvalue weighted by Crippen LogP contribution is 2.30. The summed E-state index contributed by atoms with van der Waals surface area (Å²) in [6.07, 6.45) is -4.43. The van der Waals surface area contributed by atoms with E-state index in [0.29, 0.717) is 35.4 Å². The second-order valence-electron chi connectivity index (χ2n) is 7.45. The number of primary sulfonamides is 1. The number of nitrogens with zero attached hydrogens (tertiary/aromatic N) is 1. The van der Waals surface area contributed by atoms with Gasteiger partial charge in [-0.25, -0.2) is 13.6 Å². The average Bonchev–Trinajstić information content (AvgIpc) is 3.13. The number of halogens is 3. The molecule has 4 N–H and O–H groups in total. The van der Waals surface area contributed by atoms with Crippen molar-refractivity contribution in [3.05, 3.63) is 48.2 Å². The van der Waals surface area contributed by atoms with E-state index in [-0.39, 0.29) is 22.9 Å². The average molecular weight is 511 g/mol. The van der Waals surface area contributed by atoms with Crippen molar-refractivity contribution in [2.24, 2.45) is 5.14 Å². The van der Waals surface area contributed by atoms with E-state index in [1.54, 1.807) is 31.4 Å². The number of anilines is 2. The number of nitrogens with two attached hydrogens (primary N) is 1. The minimum absolute atomic E-state index is 0.0670. The van der Waals surface area contributed by atoms with Crippen LogP contribution < -0.4 is 20.5 Å². The van der Waals surface area contributed by atoms with Crippen molar-refractivity contribution in [1.82, 2.24) is 4.57 Å². The molecule has 8 nitrogen and oxygen atoms in total. The fourth-order valence-corrected chi connectivity index (χ4v) is 3.98. The lowest BCUT2D eigenvalue weighted by molar-refractivity contribution is -0.140. The Bertz CT molecular complexity index is 1360. The predicted molar refractivity (Wildman–Crippen MR) is 128 cm³/mol. The maximum atomic E-state index is 13.3. The van der Waals surface area contributed by atoms with Gasteiger partial charge < -0.3 is 24.7 Å².